The zero-order valence-corrected chi connectivity index (χ0v) is 10.3. The molecule has 1 atom stereocenters. The molecule has 0 bridgehead atoms. The van der Waals surface area contributed by atoms with Gasteiger partial charge >= 0.3 is 11.7 Å². The van der Waals surface area contributed by atoms with Gasteiger partial charge in [-0.1, -0.05) is 18.7 Å². The van der Waals surface area contributed by atoms with Crippen LogP contribution in [0.1, 0.15) is 12.5 Å². The highest BCUT2D eigenvalue weighted by molar-refractivity contribution is 5.85. The molecule has 0 aliphatic carbocycles. The van der Waals surface area contributed by atoms with Crippen LogP contribution in [0.25, 0.3) is 6.08 Å². The number of hydrogen-bond acceptors (Lipinski definition) is 4. The minimum Gasteiger partial charge on any atom is -0.480 e. The summed E-state index contributed by atoms with van der Waals surface area (Å²) in [4.78, 5) is 20.7. The molecule has 19 heavy (non-hydrogen) atoms. The molecule has 0 aliphatic heterocycles. The van der Waals surface area contributed by atoms with E-state index in [1.807, 2.05) is 0 Å². The summed E-state index contributed by atoms with van der Waals surface area (Å²) in [5.74, 6) is -1.01. The summed E-state index contributed by atoms with van der Waals surface area (Å²) in [6.07, 6.45) is 3.34. The van der Waals surface area contributed by atoms with Gasteiger partial charge in [0.05, 0.1) is 4.92 Å². The minimum absolute atomic E-state index is 0.116. The molecule has 0 spiro atoms. The van der Waals surface area contributed by atoms with Gasteiger partial charge in [0, 0.05) is 12.1 Å². The molecule has 100 valence electrons. The molecule has 1 aromatic rings. The Morgan fingerprint density at radius 2 is 2.26 bits per heavy atom. The van der Waals surface area contributed by atoms with E-state index in [0.29, 0.717) is 5.56 Å². The van der Waals surface area contributed by atoms with Crippen molar-refractivity contribution in [1.29, 1.82) is 0 Å². The number of nitro benzene ring substituents is 1. The van der Waals surface area contributed by atoms with E-state index >= 15 is 0 Å². The van der Waals surface area contributed by atoms with Crippen molar-refractivity contribution in [2.24, 2.45) is 0 Å². The van der Waals surface area contributed by atoms with Gasteiger partial charge in [0.15, 0.2) is 5.75 Å². The number of carbonyl (C=O) groups is 1. The van der Waals surface area contributed by atoms with Crippen LogP contribution in [0.5, 0.6) is 5.75 Å². The summed E-state index contributed by atoms with van der Waals surface area (Å²) in [5, 5.41) is 19.4. The lowest BCUT2D eigenvalue weighted by Crippen LogP contribution is -2.08. The Balaban J connectivity index is 3.11. The number of hydrogen-bond donors (Lipinski definition) is 1. The molecule has 0 fully saturated rings. The van der Waals surface area contributed by atoms with Crippen LogP contribution < -0.4 is 4.74 Å². The molecule has 6 nitrogen and oxygen atoms in total. The highest BCUT2D eigenvalue weighted by Crippen LogP contribution is 2.29. The second-order valence-electron chi connectivity index (χ2n) is 3.71. The number of carboxylic acids is 1. The maximum absolute atomic E-state index is 10.9. The average Bonchev–Trinajstić information content (AvgIpc) is 2.36. The van der Waals surface area contributed by atoms with Gasteiger partial charge in [-0.05, 0) is 24.6 Å². The lowest BCUT2D eigenvalue weighted by atomic mass is 10.1. The Morgan fingerprint density at radius 1 is 1.58 bits per heavy atom. The molecule has 0 aromatic heterocycles. The fraction of sp³-hybridized carbons (Fsp3) is 0.154. The van der Waals surface area contributed by atoms with Crippen LogP contribution in [0.15, 0.2) is 36.9 Å². The normalized spacial score (nSPS) is 12.1. The summed E-state index contributed by atoms with van der Waals surface area (Å²) in [6.45, 7) is 5.23. The van der Waals surface area contributed by atoms with Gasteiger partial charge in [0.25, 0.3) is 0 Å². The van der Waals surface area contributed by atoms with Gasteiger partial charge in [-0.2, -0.15) is 0 Å². The third-order valence-electron chi connectivity index (χ3n) is 2.24. The van der Waals surface area contributed by atoms with E-state index in [4.69, 9.17) is 9.84 Å². The zero-order chi connectivity index (χ0) is 14.4. The third-order valence-corrected chi connectivity index (χ3v) is 2.24. The van der Waals surface area contributed by atoms with Crippen LogP contribution in [0.2, 0.25) is 0 Å². The minimum atomic E-state index is -1.12. The molecular formula is C13H13NO5. The van der Waals surface area contributed by atoms with E-state index in [2.05, 4.69) is 6.58 Å². The number of nitro groups is 1. The first-order valence-corrected chi connectivity index (χ1v) is 5.42. The molecule has 0 saturated carbocycles. The van der Waals surface area contributed by atoms with Gasteiger partial charge in [-0.3, -0.25) is 10.1 Å². The number of aliphatic carboxylic acids is 1. The van der Waals surface area contributed by atoms with E-state index in [1.54, 1.807) is 6.92 Å². The molecule has 1 aromatic carbocycles. The van der Waals surface area contributed by atoms with Crippen LogP contribution in [0, 0.1) is 10.1 Å². The second kappa shape index (κ2) is 6.34. The predicted octanol–water partition coefficient (Wildman–Crippen LogP) is 2.65. The zero-order valence-electron chi connectivity index (χ0n) is 10.3. The van der Waals surface area contributed by atoms with Crippen molar-refractivity contribution >= 4 is 17.7 Å². The summed E-state index contributed by atoms with van der Waals surface area (Å²) in [6, 6.07) is 4.22. The van der Waals surface area contributed by atoms with Crippen molar-refractivity contribution < 1.29 is 19.6 Å². The van der Waals surface area contributed by atoms with E-state index in [0.717, 1.165) is 6.08 Å². The van der Waals surface area contributed by atoms with Crippen molar-refractivity contribution in [3.05, 3.63) is 52.6 Å². The molecule has 0 amide bonds. The Hall–Kier alpha value is -2.63. The molecule has 1 rings (SSSR count). The number of ether oxygens (including phenoxy) is 1. The quantitative estimate of drug-likeness (QED) is 0.369. The first-order valence-electron chi connectivity index (χ1n) is 5.42. The summed E-state index contributed by atoms with van der Waals surface area (Å²) < 4.78 is 5.34. The monoisotopic (exact) mass is 263 g/mol. The fourth-order valence-electron chi connectivity index (χ4n) is 1.30. The highest BCUT2D eigenvalue weighted by atomic mass is 16.6. The largest absolute Gasteiger partial charge is 0.480 e. The number of benzene rings is 1. The highest BCUT2D eigenvalue weighted by Gasteiger charge is 2.16. The molecule has 0 aliphatic rings. The molecule has 0 radical (unpaired) electrons. The Bertz CT molecular complexity index is 536. The summed E-state index contributed by atoms with van der Waals surface area (Å²) >= 11 is 0. The van der Waals surface area contributed by atoms with Gasteiger partial charge in [0.2, 0.25) is 0 Å². The molecule has 0 saturated heterocycles. The van der Waals surface area contributed by atoms with E-state index in [9.17, 15) is 14.9 Å². The van der Waals surface area contributed by atoms with Crippen molar-refractivity contribution in [3.63, 3.8) is 0 Å². The summed E-state index contributed by atoms with van der Waals surface area (Å²) in [7, 11) is 0. The van der Waals surface area contributed by atoms with Crippen molar-refractivity contribution in [2.75, 3.05) is 0 Å². The summed E-state index contributed by atoms with van der Waals surface area (Å²) in [5.41, 5.74) is 0.189. The maximum Gasteiger partial charge on any atom is 0.328 e. The van der Waals surface area contributed by atoms with E-state index < -0.39 is 10.9 Å². The predicted molar refractivity (Wildman–Crippen MR) is 70.1 cm³/mol. The third kappa shape index (κ3) is 4.27. The topological polar surface area (TPSA) is 89.7 Å². The standard InChI is InChI=1S/C13H13NO5/c1-3-9(2)19-12-6-4-10(5-7-13(15)16)8-11(12)14(17)18/h3-9H,1H2,2H3,(H,15,16). The molecular weight excluding hydrogens is 250 g/mol. The Morgan fingerprint density at radius 3 is 2.79 bits per heavy atom. The lowest BCUT2D eigenvalue weighted by molar-refractivity contribution is -0.386. The SMILES string of the molecule is C=CC(C)Oc1ccc(C=CC(=O)O)cc1[N+](=O)[O-]. The average molecular weight is 263 g/mol. The van der Waals surface area contributed by atoms with Crippen LogP contribution in [0.4, 0.5) is 5.69 Å². The number of carboxylic acid groups (broad SMARTS) is 1. The van der Waals surface area contributed by atoms with Crippen LogP contribution >= 0.6 is 0 Å². The second-order valence-corrected chi connectivity index (χ2v) is 3.71. The van der Waals surface area contributed by atoms with Crippen LogP contribution in [-0.2, 0) is 4.79 Å². The van der Waals surface area contributed by atoms with Crippen molar-refractivity contribution in [2.45, 2.75) is 13.0 Å². The van der Waals surface area contributed by atoms with Crippen LogP contribution in [-0.4, -0.2) is 22.1 Å². The Kier molecular flexibility index (Phi) is 4.82. The first kappa shape index (κ1) is 14.4. The molecule has 1 unspecified atom stereocenters. The first-order chi connectivity index (χ1) is 8.93. The van der Waals surface area contributed by atoms with Gasteiger partial charge in [-0.25, -0.2) is 4.79 Å². The van der Waals surface area contributed by atoms with Crippen LogP contribution in [0.3, 0.4) is 0 Å². The molecule has 1 N–H and O–H groups in total. The number of nitrogens with zero attached hydrogens (tertiary/aromatic N) is 1. The van der Waals surface area contributed by atoms with Crippen molar-refractivity contribution in [3.8, 4) is 5.75 Å². The lowest BCUT2D eigenvalue weighted by Gasteiger charge is -2.10. The van der Waals surface area contributed by atoms with Gasteiger partial charge < -0.3 is 9.84 Å². The Labute approximate surface area is 109 Å². The maximum atomic E-state index is 10.9. The van der Waals surface area contributed by atoms with Gasteiger partial charge in [-0.15, -0.1) is 0 Å². The molecule has 6 heteroatoms. The number of rotatable bonds is 6. The smallest absolute Gasteiger partial charge is 0.328 e. The van der Waals surface area contributed by atoms with E-state index in [1.165, 1.54) is 30.4 Å². The van der Waals surface area contributed by atoms with E-state index in [-0.39, 0.29) is 17.5 Å². The van der Waals surface area contributed by atoms with Crippen molar-refractivity contribution in [1.82, 2.24) is 0 Å². The fourth-order valence-corrected chi connectivity index (χ4v) is 1.30. The van der Waals surface area contributed by atoms with Gasteiger partial charge in [0.1, 0.15) is 6.10 Å². The molecule has 0 heterocycles.